The highest BCUT2D eigenvalue weighted by atomic mass is 16.6. The van der Waals surface area contributed by atoms with E-state index < -0.39 is 41.8 Å². The van der Waals surface area contributed by atoms with E-state index >= 15 is 0 Å². The number of nitrogens with zero attached hydrogens (tertiary/aromatic N) is 1. The molecule has 0 saturated carbocycles. The van der Waals surface area contributed by atoms with Crippen molar-refractivity contribution in [2.75, 3.05) is 6.61 Å². The number of hydrogen-bond acceptors (Lipinski definition) is 8. The number of amides is 2. The SMILES string of the molecule is CC(C)CC1CC[C@@H](N=C(NC(=O)OC(C)(C)C)NC(=O)OC(C)(C)C)C(O)O[C@@H]1CO. The second kappa shape index (κ2) is 11.8. The summed E-state index contributed by atoms with van der Waals surface area (Å²) in [7, 11) is 0. The first kappa shape index (κ1) is 28.1. The summed E-state index contributed by atoms with van der Waals surface area (Å²) in [5, 5.41) is 25.1. The Hall–Kier alpha value is -1.91. The molecule has 4 N–H and O–H groups in total. The van der Waals surface area contributed by atoms with Gasteiger partial charge < -0.3 is 24.4 Å². The highest BCUT2D eigenvalue weighted by molar-refractivity contribution is 6.01. The van der Waals surface area contributed by atoms with Crippen LogP contribution in [0, 0.1) is 11.8 Å². The maximum Gasteiger partial charge on any atom is 0.414 e. The minimum atomic E-state index is -1.32. The average molecular weight is 460 g/mol. The van der Waals surface area contributed by atoms with Crippen molar-refractivity contribution in [2.24, 2.45) is 16.8 Å². The third kappa shape index (κ3) is 11.1. The van der Waals surface area contributed by atoms with Gasteiger partial charge in [0.25, 0.3) is 0 Å². The fourth-order valence-corrected chi connectivity index (χ4v) is 3.35. The van der Waals surface area contributed by atoms with Crippen LogP contribution in [-0.2, 0) is 14.2 Å². The number of ether oxygens (including phenoxy) is 3. The highest BCUT2D eigenvalue weighted by Crippen LogP contribution is 2.29. The van der Waals surface area contributed by atoms with Gasteiger partial charge in [-0.1, -0.05) is 13.8 Å². The lowest BCUT2D eigenvalue weighted by atomic mass is 9.88. The molecule has 0 spiro atoms. The Labute approximate surface area is 191 Å². The predicted molar refractivity (Wildman–Crippen MR) is 120 cm³/mol. The molecule has 0 bridgehead atoms. The lowest BCUT2D eigenvalue weighted by molar-refractivity contribution is -0.161. The van der Waals surface area contributed by atoms with E-state index in [2.05, 4.69) is 29.5 Å². The average Bonchev–Trinajstić information content (AvgIpc) is 2.70. The van der Waals surface area contributed by atoms with E-state index in [-0.39, 0.29) is 18.5 Å². The van der Waals surface area contributed by atoms with Gasteiger partial charge >= 0.3 is 12.2 Å². The number of carbonyl (C=O) groups is 2. The normalized spacial score (nSPS) is 24.3. The van der Waals surface area contributed by atoms with Gasteiger partial charge in [0.05, 0.1) is 12.7 Å². The summed E-state index contributed by atoms with van der Waals surface area (Å²) in [5.74, 6) is 0.230. The van der Waals surface area contributed by atoms with Crippen molar-refractivity contribution >= 4 is 18.1 Å². The number of guanidine groups is 1. The molecule has 1 heterocycles. The van der Waals surface area contributed by atoms with Gasteiger partial charge in [0.2, 0.25) is 5.96 Å². The molecular weight excluding hydrogens is 418 g/mol. The first-order chi connectivity index (χ1) is 14.6. The molecule has 32 heavy (non-hydrogen) atoms. The summed E-state index contributed by atoms with van der Waals surface area (Å²) in [4.78, 5) is 28.9. The van der Waals surface area contributed by atoms with Gasteiger partial charge in [0.1, 0.15) is 17.2 Å². The molecule has 1 saturated heterocycles. The van der Waals surface area contributed by atoms with Crippen LogP contribution in [0.2, 0.25) is 0 Å². The number of nitrogens with one attached hydrogen (secondary N) is 2. The number of rotatable bonds is 4. The maximum absolute atomic E-state index is 12.3. The summed E-state index contributed by atoms with van der Waals surface area (Å²) >= 11 is 0. The molecule has 10 heteroatoms. The fraction of sp³-hybridized carbons (Fsp3) is 0.864. The van der Waals surface area contributed by atoms with Crippen molar-refractivity contribution < 1.29 is 34.0 Å². The van der Waals surface area contributed by atoms with Crippen LogP contribution in [0.3, 0.4) is 0 Å². The Morgan fingerprint density at radius 2 is 1.53 bits per heavy atom. The van der Waals surface area contributed by atoms with Crippen molar-refractivity contribution in [1.82, 2.24) is 10.6 Å². The quantitative estimate of drug-likeness (QED) is 0.374. The van der Waals surface area contributed by atoms with Gasteiger partial charge in [0, 0.05) is 0 Å². The maximum atomic E-state index is 12.3. The smallest absolute Gasteiger partial charge is 0.414 e. The van der Waals surface area contributed by atoms with Gasteiger partial charge in [-0.3, -0.25) is 10.6 Å². The van der Waals surface area contributed by atoms with Gasteiger partial charge in [-0.2, -0.15) is 0 Å². The molecule has 4 atom stereocenters. The van der Waals surface area contributed by atoms with Gasteiger partial charge in [-0.05, 0) is 72.6 Å². The van der Waals surface area contributed by atoms with E-state index in [1.165, 1.54) is 0 Å². The molecule has 0 aliphatic carbocycles. The summed E-state index contributed by atoms with van der Waals surface area (Å²) in [6, 6.07) is -0.777. The highest BCUT2D eigenvalue weighted by Gasteiger charge is 2.34. The van der Waals surface area contributed by atoms with Gasteiger partial charge in [0.15, 0.2) is 6.29 Å². The standard InChI is InChI=1S/C22H41N3O7/c1-13(2)11-14-9-10-15(17(27)30-16(14)12-26)23-18(24-19(28)31-21(3,4)5)25-20(29)32-22(6,7)8/h13-17,26-27H,9-12H2,1-8H3,(H2,23,24,25,28,29)/t14?,15-,16-,17?/m1/s1. The Kier molecular flexibility index (Phi) is 10.4. The first-order valence-electron chi connectivity index (χ1n) is 11.1. The molecule has 1 fully saturated rings. The lowest BCUT2D eigenvalue weighted by Crippen LogP contribution is -2.48. The summed E-state index contributed by atoms with van der Waals surface area (Å²) < 4.78 is 16.1. The third-order valence-electron chi connectivity index (χ3n) is 4.49. The number of aliphatic hydroxyl groups is 2. The first-order valence-corrected chi connectivity index (χ1v) is 11.1. The number of alkyl carbamates (subject to hydrolysis) is 2. The molecular formula is C22H41N3O7. The van der Waals surface area contributed by atoms with Gasteiger partial charge in [-0.25, -0.2) is 14.6 Å². The van der Waals surface area contributed by atoms with Crippen molar-refractivity contribution in [1.29, 1.82) is 0 Å². The Balaban J connectivity index is 3.07. The Morgan fingerprint density at radius 3 is 1.94 bits per heavy atom. The zero-order valence-corrected chi connectivity index (χ0v) is 20.6. The molecule has 1 rings (SSSR count). The summed E-state index contributed by atoms with van der Waals surface area (Å²) in [6.07, 6.45) is -1.56. The van der Waals surface area contributed by atoms with Crippen molar-refractivity contribution in [3.8, 4) is 0 Å². The topological polar surface area (TPSA) is 139 Å². The van der Waals surface area contributed by atoms with Crippen LogP contribution in [-0.4, -0.2) is 64.6 Å². The van der Waals surface area contributed by atoms with Crippen LogP contribution >= 0.6 is 0 Å². The molecule has 0 aromatic heterocycles. The molecule has 0 aromatic carbocycles. The van der Waals surface area contributed by atoms with E-state index in [4.69, 9.17) is 14.2 Å². The largest absolute Gasteiger partial charge is 0.444 e. The zero-order valence-electron chi connectivity index (χ0n) is 20.6. The van der Waals surface area contributed by atoms with Crippen molar-refractivity contribution in [3.63, 3.8) is 0 Å². The molecule has 1 aliphatic heterocycles. The Bertz CT molecular complexity index is 621. The van der Waals surface area contributed by atoms with E-state index in [0.717, 1.165) is 6.42 Å². The molecule has 0 radical (unpaired) electrons. The van der Waals surface area contributed by atoms with Crippen molar-refractivity contribution in [2.45, 2.75) is 104 Å². The monoisotopic (exact) mass is 459 g/mol. The van der Waals surface area contributed by atoms with Crippen molar-refractivity contribution in [3.05, 3.63) is 0 Å². The fourth-order valence-electron chi connectivity index (χ4n) is 3.35. The predicted octanol–water partition coefficient (Wildman–Crippen LogP) is 2.91. The van der Waals surface area contributed by atoms with Crippen LogP contribution in [0.4, 0.5) is 9.59 Å². The van der Waals surface area contributed by atoms with Gasteiger partial charge in [-0.15, -0.1) is 0 Å². The van der Waals surface area contributed by atoms with E-state index in [1.807, 2.05) is 0 Å². The zero-order chi connectivity index (χ0) is 24.7. The minimum Gasteiger partial charge on any atom is -0.444 e. The van der Waals surface area contributed by atoms with Crippen LogP contribution in [0.25, 0.3) is 0 Å². The molecule has 2 unspecified atom stereocenters. The Morgan fingerprint density at radius 1 is 1.03 bits per heavy atom. The molecule has 1 aliphatic rings. The molecule has 2 amide bonds. The van der Waals surface area contributed by atoms with Crippen LogP contribution < -0.4 is 10.6 Å². The number of hydrogen-bond donors (Lipinski definition) is 4. The third-order valence-corrected chi connectivity index (χ3v) is 4.49. The van der Waals surface area contributed by atoms with Crippen LogP contribution in [0.5, 0.6) is 0 Å². The van der Waals surface area contributed by atoms with Crippen LogP contribution in [0.15, 0.2) is 4.99 Å². The second-order valence-electron chi connectivity index (χ2n) is 10.5. The van der Waals surface area contributed by atoms with E-state index in [1.54, 1.807) is 41.5 Å². The van der Waals surface area contributed by atoms with E-state index in [9.17, 15) is 19.8 Å². The summed E-state index contributed by atoms with van der Waals surface area (Å²) in [5.41, 5.74) is -1.52. The second-order valence-corrected chi connectivity index (χ2v) is 10.5. The van der Waals surface area contributed by atoms with Crippen LogP contribution in [0.1, 0.15) is 74.7 Å². The molecule has 186 valence electrons. The molecule has 0 aromatic rings. The number of aliphatic imine (C=N–C) groups is 1. The molecule has 10 nitrogen and oxygen atoms in total. The minimum absolute atomic E-state index is 0.0518. The van der Waals surface area contributed by atoms with E-state index in [0.29, 0.717) is 18.8 Å². The summed E-state index contributed by atoms with van der Waals surface area (Å²) in [6.45, 7) is 14.2. The number of carbonyl (C=O) groups excluding carboxylic acids is 2. The lowest BCUT2D eigenvalue weighted by Gasteiger charge is -2.26. The number of aliphatic hydroxyl groups excluding tert-OH is 2.